The molecule has 1 aromatic rings. The van der Waals surface area contributed by atoms with E-state index in [1.54, 1.807) is 20.2 Å². The average molecular weight is 306 g/mol. The summed E-state index contributed by atoms with van der Waals surface area (Å²) in [6.45, 7) is -0.0721. The van der Waals surface area contributed by atoms with Crippen molar-refractivity contribution in [2.75, 3.05) is 20.6 Å². The summed E-state index contributed by atoms with van der Waals surface area (Å²) in [5, 5.41) is 0.282. The molecule has 106 valence electrons. The van der Waals surface area contributed by atoms with Crippen molar-refractivity contribution in [1.82, 2.24) is 9.62 Å². The van der Waals surface area contributed by atoms with E-state index in [0.29, 0.717) is 5.56 Å². The zero-order valence-electron chi connectivity index (χ0n) is 10.7. The molecule has 19 heavy (non-hydrogen) atoms. The Morgan fingerprint density at radius 3 is 2.53 bits per heavy atom. The number of nitrogens with zero attached hydrogens (tertiary/aromatic N) is 1. The van der Waals surface area contributed by atoms with Gasteiger partial charge in [-0.3, -0.25) is 4.79 Å². The number of carbonyl (C=O) groups excluding carboxylic acids is 1. The van der Waals surface area contributed by atoms with Crippen molar-refractivity contribution in [1.29, 1.82) is 0 Å². The Kier molecular flexibility index (Phi) is 5.30. The molecule has 3 N–H and O–H groups in total. The van der Waals surface area contributed by atoms with Gasteiger partial charge in [0.25, 0.3) is 0 Å². The van der Waals surface area contributed by atoms with Crippen molar-refractivity contribution in [2.45, 2.75) is 11.4 Å². The first-order valence-corrected chi connectivity index (χ1v) is 7.32. The first-order valence-electron chi connectivity index (χ1n) is 5.46. The van der Waals surface area contributed by atoms with Crippen molar-refractivity contribution < 1.29 is 13.2 Å². The zero-order chi connectivity index (χ0) is 14.6. The van der Waals surface area contributed by atoms with Gasteiger partial charge in [-0.15, -0.1) is 0 Å². The number of rotatable bonds is 5. The summed E-state index contributed by atoms with van der Waals surface area (Å²) in [5.41, 5.74) is 6.10. The second-order valence-corrected chi connectivity index (χ2v) is 6.24. The maximum absolute atomic E-state index is 11.9. The lowest BCUT2D eigenvalue weighted by Crippen LogP contribution is -2.36. The van der Waals surface area contributed by atoms with Gasteiger partial charge >= 0.3 is 0 Å². The molecule has 0 spiro atoms. The summed E-state index contributed by atoms with van der Waals surface area (Å²) in [6, 6.07) is 4.26. The van der Waals surface area contributed by atoms with Gasteiger partial charge in [0.15, 0.2) is 0 Å². The van der Waals surface area contributed by atoms with E-state index in [4.69, 9.17) is 17.3 Å². The standard InChI is InChI=1S/C11H16ClN3O3S/c1-15(2)11(16)7-14-19(17,18)9-4-3-8(6-13)10(12)5-9/h3-5,14H,6-7,13H2,1-2H3. The van der Waals surface area contributed by atoms with Crippen molar-refractivity contribution in [3.05, 3.63) is 28.8 Å². The number of nitrogens with one attached hydrogen (secondary N) is 1. The van der Waals surface area contributed by atoms with Gasteiger partial charge in [0.05, 0.1) is 11.4 Å². The highest BCUT2D eigenvalue weighted by Crippen LogP contribution is 2.20. The Morgan fingerprint density at radius 2 is 2.05 bits per heavy atom. The number of halogens is 1. The van der Waals surface area contributed by atoms with E-state index in [-0.39, 0.29) is 28.9 Å². The van der Waals surface area contributed by atoms with E-state index in [1.807, 2.05) is 0 Å². The maximum atomic E-state index is 11.9. The largest absolute Gasteiger partial charge is 0.348 e. The summed E-state index contributed by atoms with van der Waals surface area (Å²) in [5.74, 6) is -0.340. The zero-order valence-corrected chi connectivity index (χ0v) is 12.3. The minimum Gasteiger partial charge on any atom is -0.348 e. The molecule has 0 aliphatic carbocycles. The van der Waals surface area contributed by atoms with Crippen LogP contribution in [-0.4, -0.2) is 39.9 Å². The smallest absolute Gasteiger partial charge is 0.241 e. The molecule has 0 unspecified atom stereocenters. The van der Waals surface area contributed by atoms with Crippen LogP contribution in [0.4, 0.5) is 0 Å². The van der Waals surface area contributed by atoms with Crippen molar-refractivity contribution in [3.8, 4) is 0 Å². The minimum atomic E-state index is -3.76. The average Bonchev–Trinajstić information content (AvgIpc) is 2.35. The van der Waals surface area contributed by atoms with Crippen LogP contribution in [0.3, 0.4) is 0 Å². The van der Waals surface area contributed by atoms with E-state index in [9.17, 15) is 13.2 Å². The van der Waals surface area contributed by atoms with Gasteiger partial charge in [0, 0.05) is 25.7 Å². The highest BCUT2D eigenvalue weighted by molar-refractivity contribution is 7.89. The molecule has 0 fully saturated rings. The Hall–Kier alpha value is -1.15. The van der Waals surface area contributed by atoms with Gasteiger partial charge in [0.2, 0.25) is 15.9 Å². The van der Waals surface area contributed by atoms with E-state index in [0.717, 1.165) is 0 Å². The molecule has 1 amide bonds. The Bertz CT molecular complexity index is 573. The van der Waals surface area contributed by atoms with Crippen LogP contribution in [0.15, 0.2) is 23.1 Å². The normalized spacial score (nSPS) is 11.4. The van der Waals surface area contributed by atoms with Crippen LogP contribution >= 0.6 is 11.6 Å². The molecule has 6 nitrogen and oxygen atoms in total. The number of benzene rings is 1. The third kappa shape index (κ3) is 4.17. The lowest BCUT2D eigenvalue weighted by Gasteiger charge is -2.12. The number of nitrogens with two attached hydrogens (primary N) is 1. The summed E-state index contributed by atoms with van der Waals surface area (Å²) in [7, 11) is -0.669. The van der Waals surface area contributed by atoms with Crippen molar-refractivity contribution >= 4 is 27.5 Å². The van der Waals surface area contributed by atoms with Crippen LogP contribution in [0, 0.1) is 0 Å². The lowest BCUT2D eigenvalue weighted by molar-refractivity contribution is -0.127. The summed E-state index contributed by atoms with van der Waals surface area (Å²) >= 11 is 5.90. The minimum absolute atomic E-state index is 0.00116. The molecule has 0 atom stereocenters. The molecule has 0 saturated heterocycles. The maximum Gasteiger partial charge on any atom is 0.241 e. The molecular formula is C11H16ClN3O3S. The van der Waals surface area contributed by atoms with Gasteiger partial charge in [-0.05, 0) is 17.7 Å². The fourth-order valence-electron chi connectivity index (χ4n) is 1.26. The number of sulfonamides is 1. The van der Waals surface area contributed by atoms with Gasteiger partial charge in [-0.2, -0.15) is 0 Å². The van der Waals surface area contributed by atoms with E-state index in [1.165, 1.54) is 17.0 Å². The predicted molar refractivity (Wildman–Crippen MR) is 73.2 cm³/mol. The fourth-order valence-corrected chi connectivity index (χ4v) is 2.58. The Balaban J connectivity index is 2.89. The van der Waals surface area contributed by atoms with Crippen LogP contribution in [0.5, 0.6) is 0 Å². The second-order valence-electron chi connectivity index (χ2n) is 4.07. The Morgan fingerprint density at radius 1 is 1.42 bits per heavy atom. The molecule has 0 saturated carbocycles. The first-order chi connectivity index (χ1) is 8.77. The fraction of sp³-hybridized carbons (Fsp3) is 0.364. The summed E-state index contributed by atoms with van der Waals surface area (Å²) in [4.78, 5) is 12.6. The van der Waals surface area contributed by atoms with Crippen LogP contribution in [0.2, 0.25) is 5.02 Å². The van der Waals surface area contributed by atoms with Crippen LogP contribution < -0.4 is 10.5 Å². The number of carbonyl (C=O) groups is 1. The van der Waals surface area contributed by atoms with Crippen molar-refractivity contribution in [2.24, 2.45) is 5.73 Å². The SMILES string of the molecule is CN(C)C(=O)CNS(=O)(=O)c1ccc(CN)c(Cl)c1. The molecule has 0 bridgehead atoms. The number of hydrogen-bond donors (Lipinski definition) is 2. The van der Waals surface area contributed by atoms with E-state index < -0.39 is 10.0 Å². The monoisotopic (exact) mass is 305 g/mol. The summed E-state index contributed by atoms with van der Waals surface area (Å²) < 4.78 is 26.1. The molecular weight excluding hydrogens is 290 g/mol. The topological polar surface area (TPSA) is 92.5 Å². The Labute approximate surface area is 117 Å². The molecule has 1 rings (SSSR count). The first kappa shape index (κ1) is 15.9. The van der Waals surface area contributed by atoms with Gasteiger partial charge in [-0.25, -0.2) is 13.1 Å². The second kappa shape index (κ2) is 6.33. The predicted octanol–water partition coefficient (Wildman–Crippen LogP) is 0.165. The van der Waals surface area contributed by atoms with Crippen molar-refractivity contribution in [3.63, 3.8) is 0 Å². The highest BCUT2D eigenvalue weighted by Gasteiger charge is 2.17. The van der Waals surface area contributed by atoms with Crippen LogP contribution in [-0.2, 0) is 21.4 Å². The molecule has 0 aliphatic heterocycles. The van der Waals surface area contributed by atoms with E-state index in [2.05, 4.69) is 4.72 Å². The third-order valence-electron chi connectivity index (χ3n) is 2.47. The number of amides is 1. The highest BCUT2D eigenvalue weighted by atomic mass is 35.5. The molecule has 0 aromatic heterocycles. The molecule has 0 heterocycles. The quantitative estimate of drug-likeness (QED) is 0.811. The van der Waals surface area contributed by atoms with Gasteiger partial charge < -0.3 is 10.6 Å². The van der Waals surface area contributed by atoms with Gasteiger partial charge in [-0.1, -0.05) is 17.7 Å². The molecule has 0 radical (unpaired) electrons. The van der Waals surface area contributed by atoms with Gasteiger partial charge in [0.1, 0.15) is 0 Å². The molecule has 0 aliphatic rings. The number of likely N-dealkylation sites (N-methyl/N-ethyl adjacent to an activating group) is 1. The molecule has 1 aromatic carbocycles. The van der Waals surface area contributed by atoms with Crippen LogP contribution in [0.1, 0.15) is 5.56 Å². The molecule has 8 heteroatoms. The lowest BCUT2D eigenvalue weighted by atomic mass is 10.2. The van der Waals surface area contributed by atoms with E-state index >= 15 is 0 Å². The third-order valence-corrected chi connectivity index (χ3v) is 4.22. The number of hydrogen-bond acceptors (Lipinski definition) is 4. The van der Waals surface area contributed by atoms with Crippen LogP contribution in [0.25, 0.3) is 0 Å². The summed E-state index contributed by atoms with van der Waals surface area (Å²) in [6.07, 6.45) is 0.